The lowest BCUT2D eigenvalue weighted by atomic mass is 9.89. The molecule has 5 heteroatoms. The molecule has 1 amide bonds. The fourth-order valence-corrected chi connectivity index (χ4v) is 2.14. The molecule has 0 bridgehead atoms. The van der Waals surface area contributed by atoms with Crippen LogP contribution in [-0.4, -0.2) is 46.2 Å². The first kappa shape index (κ1) is 14.0. The third kappa shape index (κ3) is 4.34. The average molecular weight is 243 g/mol. The van der Waals surface area contributed by atoms with Crippen LogP contribution in [0.25, 0.3) is 0 Å². The van der Waals surface area contributed by atoms with Crippen LogP contribution in [0, 0.1) is 11.3 Å². The minimum atomic E-state index is -0.939. The molecule has 2 N–H and O–H groups in total. The summed E-state index contributed by atoms with van der Waals surface area (Å²) in [5, 5.41) is 18.7. The van der Waals surface area contributed by atoms with Crippen molar-refractivity contribution in [3.8, 4) is 0 Å². The van der Waals surface area contributed by atoms with Crippen molar-refractivity contribution in [1.29, 1.82) is 0 Å². The molecule has 1 aliphatic rings. The molecule has 0 radical (unpaired) electrons. The zero-order valence-corrected chi connectivity index (χ0v) is 10.6. The minimum Gasteiger partial charge on any atom is -0.481 e. The van der Waals surface area contributed by atoms with Crippen molar-refractivity contribution >= 4 is 11.9 Å². The van der Waals surface area contributed by atoms with Gasteiger partial charge < -0.3 is 15.1 Å². The van der Waals surface area contributed by atoms with Crippen LogP contribution in [0.4, 0.5) is 0 Å². The molecule has 0 aromatic carbocycles. The van der Waals surface area contributed by atoms with Crippen molar-refractivity contribution < 1.29 is 19.8 Å². The molecule has 0 aromatic heterocycles. The van der Waals surface area contributed by atoms with E-state index in [1.165, 1.54) is 4.90 Å². The number of hydrogen-bond donors (Lipinski definition) is 2. The second-order valence-corrected chi connectivity index (χ2v) is 5.96. The number of hydrogen-bond acceptors (Lipinski definition) is 3. The summed E-state index contributed by atoms with van der Waals surface area (Å²) < 4.78 is 0. The molecule has 0 spiro atoms. The van der Waals surface area contributed by atoms with Gasteiger partial charge in [-0.1, -0.05) is 20.8 Å². The number of carboxylic acids is 1. The van der Waals surface area contributed by atoms with Crippen molar-refractivity contribution in [1.82, 2.24) is 4.90 Å². The molecule has 1 heterocycles. The molecule has 0 aromatic rings. The van der Waals surface area contributed by atoms with E-state index in [1.54, 1.807) is 0 Å². The topological polar surface area (TPSA) is 77.8 Å². The third-order valence-electron chi connectivity index (χ3n) is 2.84. The van der Waals surface area contributed by atoms with Gasteiger partial charge in [-0.2, -0.15) is 0 Å². The number of aliphatic hydroxyl groups is 1. The van der Waals surface area contributed by atoms with E-state index in [1.807, 2.05) is 20.8 Å². The third-order valence-corrected chi connectivity index (χ3v) is 2.84. The van der Waals surface area contributed by atoms with E-state index in [2.05, 4.69) is 0 Å². The smallest absolute Gasteiger partial charge is 0.308 e. The first-order chi connectivity index (χ1) is 7.69. The number of nitrogens with zero attached hydrogens (tertiary/aromatic N) is 1. The maximum Gasteiger partial charge on any atom is 0.308 e. The van der Waals surface area contributed by atoms with Gasteiger partial charge in [0, 0.05) is 19.5 Å². The number of carboxylic acid groups (broad SMARTS) is 1. The fraction of sp³-hybridized carbons (Fsp3) is 0.833. The van der Waals surface area contributed by atoms with E-state index in [0.29, 0.717) is 6.42 Å². The molecular formula is C12H21NO4. The van der Waals surface area contributed by atoms with E-state index in [0.717, 1.165) is 0 Å². The molecule has 17 heavy (non-hydrogen) atoms. The number of rotatable bonds is 4. The van der Waals surface area contributed by atoms with Gasteiger partial charge in [-0.25, -0.2) is 0 Å². The lowest BCUT2D eigenvalue weighted by Gasteiger charge is -2.26. The summed E-state index contributed by atoms with van der Waals surface area (Å²) in [5.74, 6) is -1.74. The molecular weight excluding hydrogens is 222 g/mol. The zero-order chi connectivity index (χ0) is 13.2. The lowest BCUT2D eigenvalue weighted by Crippen LogP contribution is -2.36. The summed E-state index contributed by atoms with van der Waals surface area (Å²) in [6.45, 7) is 6.50. The molecule has 2 unspecified atom stereocenters. The SMILES string of the molecule is CC(C)(C)CC(O)CN1CC(C(=O)O)CC1=O. The predicted octanol–water partition coefficient (Wildman–Crippen LogP) is 0.717. The Hall–Kier alpha value is -1.10. The second-order valence-electron chi connectivity index (χ2n) is 5.96. The molecule has 1 aliphatic heterocycles. The van der Waals surface area contributed by atoms with Crippen LogP contribution in [0.5, 0.6) is 0 Å². The van der Waals surface area contributed by atoms with Crippen molar-refractivity contribution in [3.63, 3.8) is 0 Å². The fourth-order valence-electron chi connectivity index (χ4n) is 2.14. The zero-order valence-electron chi connectivity index (χ0n) is 10.6. The number of likely N-dealkylation sites (tertiary alicyclic amines) is 1. The normalized spacial score (nSPS) is 22.9. The highest BCUT2D eigenvalue weighted by Gasteiger charge is 2.35. The molecule has 0 aliphatic carbocycles. The van der Waals surface area contributed by atoms with Gasteiger partial charge in [0.05, 0.1) is 12.0 Å². The van der Waals surface area contributed by atoms with Crippen molar-refractivity contribution in [2.45, 2.75) is 39.7 Å². The van der Waals surface area contributed by atoms with Gasteiger partial charge >= 0.3 is 5.97 Å². The Morgan fingerprint density at radius 2 is 2.12 bits per heavy atom. The average Bonchev–Trinajstić information content (AvgIpc) is 2.44. The van der Waals surface area contributed by atoms with Gasteiger partial charge in [-0.05, 0) is 11.8 Å². The summed E-state index contributed by atoms with van der Waals surface area (Å²) in [6.07, 6.45) is 0.0537. The highest BCUT2D eigenvalue weighted by molar-refractivity contribution is 5.86. The summed E-state index contributed by atoms with van der Waals surface area (Å²) in [7, 11) is 0. The molecule has 1 fully saturated rings. The van der Waals surface area contributed by atoms with Gasteiger partial charge in [0.2, 0.25) is 5.91 Å². The standard InChI is InChI=1S/C12H21NO4/c1-12(2,3)5-9(14)7-13-6-8(11(16)17)4-10(13)15/h8-9,14H,4-7H2,1-3H3,(H,16,17). The Morgan fingerprint density at radius 3 is 2.53 bits per heavy atom. The minimum absolute atomic E-state index is 0.00557. The highest BCUT2D eigenvalue weighted by Crippen LogP contribution is 2.23. The van der Waals surface area contributed by atoms with E-state index in [-0.39, 0.29) is 30.8 Å². The maximum atomic E-state index is 11.5. The van der Waals surface area contributed by atoms with Crippen molar-refractivity contribution in [2.75, 3.05) is 13.1 Å². The van der Waals surface area contributed by atoms with Gasteiger partial charge in [0.25, 0.3) is 0 Å². The van der Waals surface area contributed by atoms with E-state index in [4.69, 9.17) is 5.11 Å². The van der Waals surface area contributed by atoms with Crippen LogP contribution in [-0.2, 0) is 9.59 Å². The van der Waals surface area contributed by atoms with E-state index >= 15 is 0 Å². The molecule has 1 rings (SSSR count). The van der Waals surface area contributed by atoms with E-state index < -0.39 is 18.0 Å². The number of carbonyl (C=O) groups excluding carboxylic acids is 1. The van der Waals surface area contributed by atoms with Crippen molar-refractivity contribution in [2.24, 2.45) is 11.3 Å². The first-order valence-corrected chi connectivity index (χ1v) is 5.87. The Balaban J connectivity index is 2.47. The predicted molar refractivity (Wildman–Crippen MR) is 62.4 cm³/mol. The highest BCUT2D eigenvalue weighted by atomic mass is 16.4. The van der Waals surface area contributed by atoms with Crippen LogP contribution in [0.3, 0.4) is 0 Å². The molecule has 2 atom stereocenters. The monoisotopic (exact) mass is 243 g/mol. The number of β-amino-alcohol motifs (C(OH)–C–C–N with tert-alkyl or cyclic N) is 1. The van der Waals surface area contributed by atoms with Gasteiger partial charge in [-0.3, -0.25) is 9.59 Å². The van der Waals surface area contributed by atoms with Gasteiger partial charge in [0.1, 0.15) is 0 Å². The Kier molecular flexibility index (Phi) is 4.14. The Labute approximate surface area is 101 Å². The molecule has 98 valence electrons. The van der Waals surface area contributed by atoms with Gasteiger partial charge in [-0.15, -0.1) is 0 Å². The summed E-state index contributed by atoms with van der Waals surface area (Å²) in [4.78, 5) is 23.8. The van der Waals surface area contributed by atoms with Crippen LogP contribution in [0.2, 0.25) is 0 Å². The molecule has 1 saturated heterocycles. The molecule has 0 saturated carbocycles. The summed E-state index contributed by atoms with van der Waals surface area (Å²) in [5.41, 5.74) is -0.00557. The summed E-state index contributed by atoms with van der Waals surface area (Å²) >= 11 is 0. The van der Waals surface area contributed by atoms with E-state index in [9.17, 15) is 14.7 Å². The van der Waals surface area contributed by atoms with Crippen LogP contribution in [0.15, 0.2) is 0 Å². The van der Waals surface area contributed by atoms with Crippen molar-refractivity contribution in [3.05, 3.63) is 0 Å². The van der Waals surface area contributed by atoms with Crippen LogP contribution in [0.1, 0.15) is 33.6 Å². The second kappa shape index (κ2) is 5.04. The largest absolute Gasteiger partial charge is 0.481 e. The van der Waals surface area contributed by atoms with Gasteiger partial charge in [0.15, 0.2) is 0 Å². The maximum absolute atomic E-state index is 11.5. The number of carbonyl (C=O) groups is 2. The Morgan fingerprint density at radius 1 is 1.53 bits per heavy atom. The molecule has 5 nitrogen and oxygen atoms in total. The lowest BCUT2D eigenvalue weighted by molar-refractivity contribution is -0.141. The quantitative estimate of drug-likeness (QED) is 0.762. The Bertz CT molecular complexity index is 308. The number of aliphatic hydroxyl groups excluding tert-OH is 1. The number of amides is 1. The first-order valence-electron chi connectivity index (χ1n) is 5.87. The summed E-state index contributed by atoms with van der Waals surface area (Å²) in [6, 6.07) is 0. The van der Waals surface area contributed by atoms with Crippen LogP contribution < -0.4 is 0 Å². The van der Waals surface area contributed by atoms with Crippen LogP contribution >= 0.6 is 0 Å². The number of aliphatic carboxylic acids is 1.